The Balaban J connectivity index is 1.50. The van der Waals surface area contributed by atoms with Crippen molar-refractivity contribution < 1.29 is 9.21 Å². The van der Waals surface area contributed by atoms with Crippen LogP contribution in [0.5, 0.6) is 0 Å². The maximum Gasteiger partial charge on any atom is 0.293 e. The van der Waals surface area contributed by atoms with Crippen molar-refractivity contribution in [2.24, 2.45) is 0 Å². The highest BCUT2D eigenvalue weighted by atomic mass is 35.5. The molecule has 2 atom stereocenters. The minimum absolute atomic E-state index is 0.0109. The Morgan fingerprint density at radius 1 is 1.03 bits per heavy atom. The lowest BCUT2D eigenvalue weighted by atomic mass is 9.93. The number of hydrogen-bond acceptors (Lipinski definition) is 5. The molecule has 156 valence electrons. The number of carbonyl (C=O) groups excluding carboxylic acids is 1. The number of aromatic nitrogens is 3. The molecule has 0 unspecified atom stereocenters. The summed E-state index contributed by atoms with van der Waals surface area (Å²) in [5, 5.41) is 12.0. The normalized spacial score (nSPS) is 17.6. The zero-order valence-electron chi connectivity index (χ0n) is 16.1. The van der Waals surface area contributed by atoms with Gasteiger partial charge < -0.3 is 9.73 Å². The molecule has 2 N–H and O–H groups in total. The number of halogens is 2. The number of furan rings is 1. The van der Waals surface area contributed by atoms with E-state index in [0.29, 0.717) is 16.0 Å². The molecule has 1 aliphatic heterocycles. The maximum atomic E-state index is 12.4. The molecule has 3 heterocycles. The van der Waals surface area contributed by atoms with E-state index in [9.17, 15) is 4.79 Å². The van der Waals surface area contributed by atoms with E-state index >= 15 is 0 Å². The summed E-state index contributed by atoms with van der Waals surface area (Å²) >= 11 is 12.1. The van der Waals surface area contributed by atoms with E-state index in [1.807, 2.05) is 48.5 Å². The first-order valence-electron chi connectivity index (χ1n) is 9.66. The second-order valence-corrected chi connectivity index (χ2v) is 8.06. The fourth-order valence-electron chi connectivity index (χ4n) is 3.68. The number of fused-ring (bicyclic) bond motifs is 1. The number of carbonyl (C=O) groups is 1. The fourth-order valence-corrected chi connectivity index (χ4v) is 3.93. The minimum Gasteiger partial charge on any atom is -0.459 e. The van der Waals surface area contributed by atoms with Crippen molar-refractivity contribution in [3.8, 4) is 0 Å². The molecule has 0 radical (unpaired) electrons. The van der Waals surface area contributed by atoms with Gasteiger partial charge in [0.05, 0.1) is 18.3 Å². The molecule has 0 fully saturated rings. The lowest BCUT2D eigenvalue weighted by molar-refractivity contribution is 0.0995. The monoisotopic (exact) mass is 453 g/mol. The molecule has 0 saturated carbocycles. The molecule has 31 heavy (non-hydrogen) atoms. The number of anilines is 2. The Morgan fingerprint density at radius 3 is 2.35 bits per heavy atom. The molecule has 5 rings (SSSR count). The highest BCUT2D eigenvalue weighted by Gasteiger charge is 2.31. The topological polar surface area (TPSA) is 85.0 Å². The van der Waals surface area contributed by atoms with Crippen molar-refractivity contribution in [3.63, 3.8) is 0 Å². The van der Waals surface area contributed by atoms with Gasteiger partial charge in [-0.15, -0.1) is 5.10 Å². The van der Waals surface area contributed by atoms with Crippen LogP contribution in [-0.4, -0.2) is 20.7 Å². The average molecular weight is 454 g/mol. The molecule has 1 amide bonds. The van der Waals surface area contributed by atoms with Gasteiger partial charge in [0.15, 0.2) is 5.76 Å². The predicted molar refractivity (Wildman–Crippen MR) is 119 cm³/mol. The van der Waals surface area contributed by atoms with E-state index < -0.39 is 5.91 Å². The van der Waals surface area contributed by atoms with Gasteiger partial charge in [-0.25, -0.2) is 4.68 Å². The van der Waals surface area contributed by atoms with Crippen LogP contribution in [0.3, 0.4) is 0 Å². The first kappa shape index (κ1) is 19.7. The average Bonchev–Trinajstić information content (AvgIpc) is 3.44. The Bertz CT molecular complexity index is 1200. The molecule has 2 aromatic carbocycles. The third kappa shape index (κ3) is 4.02. The summed E-state index contributed by atoms with van der Waals surface area (Å²) < 4.78 is 6.93. The molecule has 0 saturated heterocycles. The van der Waals surface area contributed by atoms with Crippen LogP contribution in [0.4, 0.5) is 11.9 Å². The molecule has 2 aromatic heterocycles. The van der Waals surface area contributed by atoms with Crippen LogP contribution >= 0.6 is 23.2 Å². The SMILES string of the molecule is O=C(Nc1nc2n(n1)[C@H](c1ccc(Cl)cc1)C[C@@H](c1ccc(Cl)cc1)N2)c1ccco1. The lowest BCUT2D eigenvalue weighted by Crippen LogP contribution is -2.28. The van der Waals surface area contributed by atoms with Crippen LogP contribution in [0, 0.1) is 0 Å². The molecule has 9 heteroatoms. The Morgan fingerprint density at radius 2 is 1.71 bits per heavy atom. The first-order chi connectivity index (χ1) is 15.1. The van der Waals surface area contributed by atoms with E-state index in [1.165, 1.54) is 6.26 Å². The number of nitrogens with zero attached hydrogens (tertiary/aromatic N) is 3. The zero-order chi connectivity index (χ0) is 21.4. The van der Waals surface area contributed by atoms with Crippen molar-refractivity contribution >= 4 is 41.0 Å². The Labute approximate surface area is 188 Å². The molecule has 7 nitrogen and oxygen atoms in total. The summed E-state index contributed by atoms with van der Waals surface area (Å²) in [6.45, 7) is 0. The minimum atomic E-state index is -0.412. The summed E-state index contributed by atoms with van der Waals surface area (Å²) in [5.41, 5.74) is 2.12. The highest BCUT2D eigenvalue weighted by Crippen LogP contribution is 2.38. The smallest absolute Gasteiger partial charge is 0.293 e. The van der Waals surface area contributed by atoms with Gasteiger partial charge in [-0.3, -0.25) is 10.1 Å². The second-order valence-electron chi connectivity index (χ2n) is 7.19. The van der Waals surface area contributed by atoms with Crippen molar-refractivity contribution in [3.05, 3.63) is 93.9 Å². The third-order valence-corrected chi connectivity index (χ3v) is 5.69. The summed E-state index contributed by atoms with van der Waals surface area (Å²) in [5.74, 6) is 0.528. The van der Waals surface area contributed by atoms with Gasteiger partial charge in [-0.1, -0.05) is 47.5 Å². The predicted octanol–water partition coefficient (Wildman–Crippen LogP) is 5.58. The molecule has 0 aliphatic carbocycles. The van der Waals surface area contributed by atoms with Crippen molar-refractivity contribution in [1.82, 2.24) is 14.8 Å². The zero-order valence-corrected chi connectivity index (χ0v) is 17.6. The number of amides is 1. The van der Waals surface area contributed by atoms with Crippen molar-refractivity contribution in [1.29, 1.82) is 0 Å². The van der Waals surface area contributed by atoms with Gasteiger partial charge in [0.1, 0.15) is 0 Å². The summed E-state index contributed by atoms with van der Waals surface area (Å²) in [6.07, 6.45) is 2.17. The fraction of sp³-hybridized carbons (Fsp3) is 0.136. The van der Waals surface area contributed by atoms with Gasteiger partial charge >= 0.3 is 0 Å². The molecule has 0 spiro atoms. The number of nitrogens with one attached hydrogen (secondary N) is 2. The van der Waals surface area contributed by atoms with Gasteiger partial charge in [0.25, 0.3) is 11.9 Å². The maximum absolute atomic E-state index is 12.4. The van der Waals surface area contributed by atoms with E-state index in [4.69, 9.17) is 27.6 Å². The summed E-state index contributed by atoms with van der Waals surface area (Å²) in [4.78, 5) is 16.9. The summed E-state index contributed by atoms with van der Waals surface area (Å²) in [6, 6.07) is 18.5. The van der Waals surface area contributed by atoms with Crippen molar-refractivity contribution in [2.75, 3.05) is 10.6 Å². The Hall–Kier alpha value is -3.29. The number of rotatable bonds is 4. The van der Waals surface area contributed by atoms with Crippen LogP contribution in [0.15, 0.2) is 71.3 Å². The molecule has 4 aromatic rings. The van der Waals surface area contributed by atoms with E-state index in [-0.39, 0.29) is 23.8 Å². The van der Waals surface area contributed by atoms with Crippen LogP contribution in [0.1, 0.15) is 40.2 Å². The highest BCUT2D eigenvalue weighted by molar-refractivity contribution is 6.30. The lowest BCUT2D eigenvalue weighted by Gasteiger charge is -2.31. The van der Waals surface area contributed by atoms with Gasteiger partial charge in [0, 0.05) is 10.0 Å². The summed E-state index contributed by atoms with van der Waals surface area (Å²) in [7, 11) is 0. The van der Waals surface area contributed by atoms with E-state index in [2.05, 4.69) is 20.7 Å². The van der Waals surface area contributed by atoms with Gasteiger partial charge in [0.2, 0.25) is 5.95 Å². The van der Waals surface area contributed by atoms with Crippen LogP contribution < -0.4 is 10.6 Å². The number of benzene rings is 2. The molecule has 0 bridgehead atoms. The van der Waals surface area contributed by atoms with Crippen LogP contribution in [0.25, 0.3) is 0 Å². The molecule has 1 aliphatic rings. The third-order valence-electron chi connectivity index (χ3n) is 5.19. The quantitative estimate of drug-likeness (QED) is 0.421. The van der Waals surface area contributed by atoms with Gasteiger partial charge in [-0.05, 0) is 53.9 Å². The first-order valence-corrected chi connectivity index (χ1v) is 10.4. The van der Waals surface area contributed by atoms with Crippen LogP contribution in [-0.2, 0) is 0 Å². The van der Waals surface area contributed by atoms with Crippen LogP contribution in [0.2, 0.25) is 10.0 Å². The Kier molecular flexibility index (Phi) is 5.13. The molecular formula is C22H17Cl2N5O2. The van der Waals surface area contributed by atoms with E-state index in [1.54, 1.807) is 16.8 Å². The molecular weight excluding hydrogens is 437 g/mol. The largest absolute Gasteiger partial charge is 0.459 e. The second kappa shape index (κ2) is 8.09. The van der Waals surface area contributed by atoms with Gasteiger partial charge in [-0.2, -0.15) is 4.98 Å². The standard InChI is InChI=1S/C22H17Cl2N5O2/c23-15-7-3-13(4-8-15)17-12-18(14-5-9-16(24)10-6-14)29-22(25-17)27-21(28-29)26-20(30)19-2-1-11-31-19/h1-11,17-18H,12H2,(H2,25,26,27,28,30)/t17-,18-/m0/s1. The van der Waals surface area contributed by atoms with E-state index in [0.717, 1.165) is 17.5 Å². The number of hydrogen-bond donors (Lipinski definition) is 2. The van der Waals surface area contributed by atoms with Crippen molar-refractivity contribution in [2.45, 2.75) is 18.5 Å².